The van der Waals surface area contributed by atoms with Gasteiger partial charge in [0.05, 0.1) is 0 Å². The molecule has 2 aliphatic rings. The van der Waals surface area contributed by atoms with Gasteiger partial charge in [0, 0.05) is 49.7 Å². The normalized spacial score (nSPS) is 19.9. The maximum Gasteiger partial charge on any atom is 0.0421 e. The first-order chi connectivity index (χ1) is 7.45. The van der Waals surface area contributed by atoms with Gasteiger partial charge in [-0.25, -0.2) is 0 Å². The van der Waals surface area contributed by atoms with Gasteiger partial charge >= 0.3 is 0 Å². The molecule has 80 valence electrons. The van der Waals surface area contributed by atoms with Crippen LogP contribution in [0.15, 0.2) is 18.2 Å². The molecule has 2 aliphatic heterocycles. The molecule has 0 radical (unpaired) electrons. The van der Waals surface area contributed by atoms with Crippen molar-refractivity contribution in [1.82, 2.24) is 5.32 Å². The molecule has 3 rings (SSSR count). The molecule has 0 bridgehead atoms. The van der Waals surface area contributed by atoms with E-state index in [0.717, 1.165) is 32.7 Å². The molecule has 1 aromatic rings. The first-order valence-electron chi connectivity index (χ1n) is 5.76. The first-order valence-corrected chi connectivity index (χ1v) is 5.76. The summed E-state index contributed by atoms with van der Waals surface area (Å²) in [6.07, 6.45) is 1.18. The van der Waals surface area contributed by atoms with Gasteiger partial charge in [0.15, 0.2) is 0 Å². The Labute approximate surface area is 90.5 Å². The second-order valence-electron chi connectivity index (χ2n) is 4.22. The van der Waals surface area contributed by atoms with Gasteiger partial charge in [0.25, 0.3) is 0 Å². The smallest absolute Gasteiger partial charge is 0.0421 e. The summed E-state index contributed by atoms with van der Waals surface area (Å²) in [5.74, 6) is 0. The Morgan fingerprint density at radius 2 is 1.93 bits per heavy atom. The van der Waals surface area contributed by atoms with Crippen molar-refractivity contribution in [3.63, 3.8) is 0 Å². The quantitative estimate of drug-likeness (QED) is 0.715. The van der Waals surface area contributed by atoms with Crippen LogP contribution in [-0.4, -0.2) is 32.7 Å². The Hall–Kier alpha value is -1.22. The minimum Gasteiger partial charge on any atom is -0.384 e. The van der Waals surface area contributed by atoms with Crippen LogP contribution in [0.1, 0.15) is 5.56 Å². The lowest BCUT2D eigenvalue weighted by Gasteiger charge is -2.31. The number of nitrogens with zero attached hydrogens (tertiary/aromatic N) is 1. The summed E-state index contributed by atoms with van der Waals surface area (Å²) in [4.78, 5) is 2.50. The highest BCUT2D eigenvalue weighted by molar-refractivity contribution is 5.69. The fourth-order valence-corrected chi connectivity index (χ4v) is 2.53. The van der Waals surface area contributed by atoms with Crippen molar-refractivity contribution in [2.75, 3.05) is 42.9 Å². The number of benzene rings is 1. The van der Waals surface area contributed by atoms with Crippen LogP contribution >= 0.6 is 0 Å². The molecule has 2 heterocycles. The van der Waals surface area contributed by atoms with E-state index in [2.05, 4.69) is 33.7 Å². The zero-order chi connectivity index (χ0) is 10.1. The van der Waals surface area contributed by atoms with Crippen LogP contribution in [0.3, 0.4) is 0 Å². The molecule has 1 fully saturated rings. The first kappa shape index (κ1) is 9.04. The predicted octanol–water partition coefficient (Wildman–Crippen LogP) is 1.06. The van der Waals surface area contributed by atoms with E-state index in [4.69, 9.17) is 0 Å². The van der Waals surface area contributed by atoms with Crippen LogP contribution in [0.5, 0.6) is 0 Å². The lowest BCUT2D eigenvalue weighted by molar-refractivity contribution is 0.588. The van der Waals surface area contributed by atoms with Crippen LogP contribution in [0.25, 0.3) is 0 Å². The lowest BCUT2D eigenvalue weighted by Crippen LogP contribution is -2.43. The van der Waals surface area contributed by atoms with E-state index in [9.17, 15) is 0 Å². The van der Waals surface area contributed by atoms with E-state index in [1.807, 2.05) is 0 Å². The van der Waals surface area contributed by atoms with Crippen LogP contribution in [0, 0.1) is 0 Å². The predicted molar refractivity (Wildman–Crippen MR) is 63.7 cm³/mol. The van der Waals surface area contributed by atoms with Crippen molar-refractivity contribution in [1.29, 1.82) is 0 Å². The number of hydrogen-bond acceptors (Lipinski definition) is 3. The number of anilines is 2. The third-order valence-corrected chi connectivity index (χ3v) is 3.30. The summed E-state index contributed by atoms with van der Waals surface area (Å²) in [5, 5.41) is 6.83. The molecule has 0 atom stereocenters. The molecule has 0 aromatic heterocycles. The van der Waals surface area contributed by atoms with Crippen molar-refractivity contribution < 1.29 is 0 Å². The van der Waals surface area contributed by atoms with Crippen molar-refractivity contribution in [2.45, 2.75) is 6.42 Å². The Balaban J connectivity index is 1.93. The summed E-state index contributed by atoms with van der Waals surface area (Å²) in [7, 11) is 0. The number of nitrogens with one attached hydrogen (secondary N) is 2. The van der Waals surface area contributed by atoms with Crippen LogP contribution in [0.4, 0.5) is 11.4 Å². The Morgan fingerprint density at radius 3 is 2.80 bits per heavy atom. The molecule has 3 nitrogen and oxygen atoms in total. The van der Waals surface area contributed by atoms with Gasteiger partial charge in [0.2, 0.25) is 0 Å². The maximum atomic E-state index is 3.44. The molecule has 3 heteroatoms. The fraction of sp³-hybridized carbons (Fsp3) is 0.500. The molecule has 2 N–H and O–H groups in total. The van der Waals surface area contributed by atoms with Gasteiger partial charge in [-0.2, -0.15) is 0 Å². The van der Waals surface area contributed by atoms with Gasteiger partial charge in [-0.05, 0) is 18.6 Å². The highest BCUT2D eigenvalue weighted by atomic mass is 15.2. The lowest BCUT2D eigenvalue weighted by atomic mass is 10.1. The molecule has 0 spiro atoms. The average molecular weight is 203 g/mol. The molecular weight excluding hydrogens is 186 g/mol. The summed E-state index contributed by atoms with van der Waals surface area (Å²) >= 11 is 0. The highest BCUT2D eigenvalue weighted by Crippen LogP contribution is 2.31. The number of piperazine rings is 1. The molecule has 0 saturated carbocycles. The fourth-order valence-electron chi connectivity index (χ4n) is 2.53. The van der Waals surface area contributed by atoms with E-state index in [0.29, 0.717) is 0 Å². The number of hydrogen-bond donors (Lipinski definition) is 2. The summed E-state index contributed by atoms with van der Waals surface area (Å²) in [6, 6.07) is 6.61. The third-order valence-electron chi connectivity index (χ3n) is 3.30. The monoisotopic (exact) mass is 203 g/mol. The van der Waals surface area contributed by atoms with Gasteiger partial charge in [-0.3, -0.25) is 0 Å². The van der Waals surface area contributed by atoms with E-state index in [-0.39, 0.29) is 0 Å². The van der Waals surface area contributed by atoms with E-state index in [1.54, 1.807) is 0 Å². The average Bonchev–Trinajstić information content (AvgIpc) is 2.78. The Kier molecular flexibility index (Phi) is 2.25. The summed E-state index contributed by atoms with van der Waals surface area (Å²) in [6.45, 7) is 5.58. The Morgan fingerprint density at radius 1 is 1.07 bits per heavy atom. The van der Waals surface area contributed by atoms with E-state index >= 15 is 0 Å². The van der Waals surface area contributed by atoms with Crippen LogP contribution in [0.2, 0.25) is 0 Å². The largest absolute Gasteiger partial charge is 0.384 e. The molecular formula is C12H17N3. The molecule has 0 unspecified atom stereocenters. The standard InChI is InChI=1S/C12H17N3/c1-2-11-10(4-5-14-11)12(3-1)15-8-6-13-7-9-15/h1-3,13-14H,4-9H2. The van der Waals surface area contributed by atoms with Crippen LogP contribution < -0.4 is 15.5 Å². The maximum absolute atomic E-state index is 3.44. The summed E-state index contributed by atoms with van der Waals surface area (Å²) < 4.78 is 0. The van der Waals surface area contributed by atoms with Crippen LogP contribution in [-0.2, 0) is 6.42 Å². The molecule has 0 amide bonds. The third kappa shape index (κ3) is 1.57. The van der Waals surface area contributed by atoms with Gasteiger partial charge in [-0.1, -0.05) is 6.07 Å². The molecule has 0 aliphatic carbocycles. The van der Waals surface area contributed by atoms with Crippen molar-refractivity contribution in [3.05, 3.63) is 23.8 Å². The number of rotatable bonds is 1. The van der Waals surface area contributed by atoms with Gasteiger partial charge in [-0.15, -0.1) is 0 Å². The minimum absolute atomic E-state index is 1.10. The van der Waals surface area contributed by atoms with Gasteiger partial charge in [0.1, 0.15) is 0 Å². The Bertz CT molecular complexity index is 356. The second kappa shape index (κ2) is 3.74. The summed E-state index contributed by atoms with van der Waals surface area (Å²) in [5.41, 5.74) is 4.30. The molecule has 1 aromatic carbocycles. The topological polar surface area (TPSA) is 27.3 Å². The second-order valence-corrected chi connectivity index (χ2v) is 4.22. The zero-order valence-electron chi connectivity index (χ0n) is 8.92. The SMILES string of the molecule is c1cc2c(c(N3CCNCC3)c1)CCN2. The molecule has 1 saturated heterocycles. The minimum atomic E-state index is 1.10. The van der Waals surface area contributed by atoms with Crippen molar-refractivity contribution in [3.8, 4) is 0 Å². The van der Waals surface area contributed by atoms with E-state index < -0.39 is 0 Å². The number of fused-ring (bicyclic) bond motifs is 1. The van der Waals surface area contributed by atoms with Crippen molar-refractivity contribution >= 4 is 11.4 Å². The van der Waals surface area contributed by atoms with Gasteiger partial charge < -0.3 is 15.5 Å². The molecule has 15 heavy (non-hydrogen) atoms. The zero-order valence-corrected chi connectivity index (χ0v) is 8.92. The highest BCUT2D eigenvalue weighted by Gasteiger charge is 2.18. The van der Waals surface area contributed by atoms with Crippen molar-refractivity contribution in [2.24, 2.45) is 0 Å². The van der Waals surface area contributed by atoms with E-state index in [1.165, 1.54) is 23.4 Å².